The Morgan fingerprint density at radius 1 is 1.27 bits per heavy atom. The quantitative estimate of drug-likeness (QED) is 0.726. The Labute approximate surface area is 98.0 Å². The molecule has 3 fully saturated rings. The van der Waals surface area contributed by atoms with E-state index in [-0.39, 0.29) is 0 Å². The third-order valence-corrected chi connectivity index (χ3v) is 6.11. The van der Waals surface area contributed by atoms with E-state index in [0.717, 1.165) is 29.0 Å². The molecule has 0 spiro atoms. The van der Waals surface area contributed by atoms with E-state index >= 15 is 0 Å². The average molecular weight is 225 g/mol. The van der Waals surface area contributed by atoms with Crippen LogP contribution in [0.15, 0.2) is 0 Å². The van der Waals surface area contributed by atoms with E-state index in [1.165, 1.54) is 38.1 Å². The minimum Gasteiger partial charge on any atom is -0.298 e. The summed E-state index contributed by atoms with van der Waals surface area (Å²) < 4.78 is 0. The molecule has 0 radical (unpaired) electrons. The van der Waals surface area contributed by atoms with E-state index in [0.29, 0.717) is 0 Å². The standard InChI is InChI=1S/C13H23NS/c1-9(2)11-3-10(4-11)6-14-7-13-5-12(14)8-15-13/h9-13H,3-8H2,1-2H3/t10?,11?,12-,13-/m0/s1. The molecule has 1 nitrogen and oxygen atoms in total. The van der Waals surface area contributed by atoms with Gasteiger partial charge in [0.25, 0.3) is 0 Å². The van der Waals surface area contributed by atoms with Crippen LogP contribution >= 0.6 is 11.8 Å². The topological polar surface area (TPSA) is 3.24 Å². The number of rotatable bonds is 3. The summed E-state index contributed by atoms with van der Waals surface area (Å²) in [5, 5.41) is 0.996. The molecule has 0 amide bonds. The van der Waals surface area contributed by atoms with Crippen LogP contribution in [0.25, 0.3) is 0 Å². The highest BCUT2D eigenvalue weighted by atomic mass is 32.2. The van der Waals surface area contributed by atoms with Gasteiger partial charge in [0.2, 0.25) is 0 Å². The summed E-state index contributed by atoms with van der Waals surface area (Å²) in [7, 11) is 0. The number of nitrogens with zero attached hydrogens (tertiary/aromatic N) is 1. The average Bonchev–Trinajstić information content (AvgIpc) is 2.70. The van der Waals surface area contributed by atoms with Crippen molar-refractivity contribution in [2.45, 2.75) is 44.4 Å². The van der Waals surface area contributed by atoms with Crippen LogP contribution in [0, 0.1) is 17.8 Å². The monoisotopic (exact) mass is 225 g/mol. The van der Waals surface area contributed by atoms with Crippen molar-refractivity contribution in [1.82, 2.24) is 4.90 Å². The molecular formula is C13H23NS. The fourth-order valence-electron chi connectivity index (χ4n) is 3.51. The summed E-state index contributed by atoms with van der Waals surface area (Å²) in [6.07, 6.45) is 4.52. The summed E-state index contributed by atoms with van der Waals surface area (Å²) in [4.78, 5) is 2.79. The van der Waals surface area contributed by atoms with Gasteiger partial charge in [-0.25, -0.2) is 0 Å². The lowest BCUT2D eigenvalue weighted by Gasteiger charge is -2.41. The summed E-state index contributed by atoms with van der Waals surface area (Å²) in [5.41, 5.74) is 0. The van der Waals surface area contributed by atoms with Crippen molar-refractivity contribution in [3.63, 3.8) is 0 Å². The van der Waals surface area contributed by atoms with E-state index < -0.39 is 0 Å². The largest absolute Gasteiger partial charge is 0.298 e. The molecule has 0 unspecified atom stereocenters. The minimum atomic E-state index is 0.923. The van der Waals surface area contributed by atoms with Gasteiger partial charge in [-0.15, -0.1) is 0 Å². The Morgan fingerprint density at radius 3 is 2.60 bits per heavy atom. The van der Waals surface area contributed by atoms with Crippen molar-refractivity contribution in [3.8, 4) is 0 Å². The molecule has 3 rings (SSSR count). The van der Waals surface area contributed by atoms with Crippen molar-refractivity contribution >= 4 is 11.8 Å². The Balaban J connectivity index is 1.44. The second-order valence-corrected chi connectivity index (χ2v) is 7.47. The molecule has 0 aromatic rings. The van der Waals surface area contributed by atoms with E-state index in [4.69, 9.17) is 0 Å². The number of hydrogen-bond acceptors (Lipinski definition) is 2. The third-order valence-electron chi connectivity index (χ3n) is 4.72. The van der Waals surface area contributed by atoms with Crippen LogP contribution in [0.3, 0.4) is 0 Å². The van der Waals surface area contributed by atoms with Gasteiger partial charge in [0.15, 0.2) is 0 Å². The maximum atomic E-state index is 2.79. The second kappa shape index (κ2) is 3.96. The first-order valence-electron chi connectivity index (χ1n) is 6.58. The highest BCUT2D eigenvalue weighted by Crippen LogP contribution is 2.42. The highest BCUT2D eigenvalue weighted by Gasteiger charge is 2.41. The Bertz CT molecular complexity index is 235. The van der Waals surface area contributed by atoms with Crippen LogP contribution in [-0.4, -0.2) is 35.0 Å². The summed E-state index contributed by atoms with van der Waals surface area (Å²) in [6.45, 7) is 7.59. The van der Waals surface area contributed by atoms with Crippen molar-refractivity contribution in [2.24, 2.45) is 17.8 Å². The molecule has 15 heavy (non-hydrogen) atoms. The van der Waals surface area contributed by atoms with E-state index in [1.54, 1.807) is 0 Å². The van der Waals surface area contributed by atoms with E-state index in [2.05, 4.69) is 30.5 Å². The lowest BCUT2D eigenvalue weighted by atomic mass is 9.69. The van der Waals surface area contributed by atoms with Gasteiger partial charge in [-0.05, 0) is 37.0 Å². The molecule has 2 aliphatic heterocycles. The molecule has 1 aliphatic carbocycles. The van der Waals surface area contributed by atoms with Gasteiger partial charge < -0.3 is 0 Å². The lowest BCUT2D eigenvalue weighted by molar-refractivity contribution is 0.0928. The van der Waals surface area contributed by atoms with Crippen LogP contribution in [0.5, 0.6) is 0 Å². The fraction of sp³-hybridized carbons (Fsp3) is 1.00. The third kappa shape index (κ3) is 1.95. The number of likely N-dealkylation sites (tertiary alicyclic amines) is 1. The van der Waals surface area contributed by atoms with Gasteiger partial charge in [0.05, 0.1) is 0 Å². The van der Waals surface area contributed by atoms with Crippen molar-refractivity contribution in [3.05, 3.63) is 0 Å². The van der Waals surface area contributed by atoms with Gasteiger partial charge in [0.1, 0.15) is 0 Å². The van der Waals surface area contributed by atoms with Crippen molar-refractivity contribution in [1.29, 1.82) is 0 Å². The van der Waals surface area contributed by atoms with Gasteiger partial charge in [0, 0.05) is 30.1 Å². The minimum absolute atomic E-state index is 0.923. The first-order valence-corrected chi connectivity index (χ1v) is 7.63. The molecule has 86 valence electrons. The van der Waals surface area contributed by atoms with Crippen LogP contribution in [0.1, 0.15) is 33.1 Å². The van der Waals surface area contributed by atoms with E-state index in [9.17, 15) is 0 Å². The number of thioether (sulfide) groups is 1. The zero-order valence-electron chi connectivity index (χ0n) is 9.98. The van der Waals surface area contributed by atoms with Crippen LogP contribution in [0.2, 0.25) is 0 Å². The van der Waals surface area contributed by atoms with Gasteiger partial charge in [-0.3, -0.25) is 4.90 Å². The molecule has 0 N–H and O–H groups in total. The Morgan fingerprint density at radius 2 is 2.07 bits per heavy atom. The molecule has 2 heteroatoms. The normalized spacial score (nSPS) is 45.0. The molecular weight excluding hydrogens is 202 g/mol. The van der Waals surface area contributed by atoms with E-state index in [1.807, 2.05) is 0 Å². The lowest BCUT2D eigenvalue weighted by Crippen LogP contribution is -2.42. The molecule has 1 saturated carbocycles. The zero-order chi connectivity index (χ0) is 10.4. The Kier molecular flexibility index (Phi) is 2.76. The maximum Gasteiger partial charge on any atom is 0.0198 e. The smallest absolute Gasteiger partial charge is 0.0198 e. The SMILES string of the molecule is CC(C)C1CC(CN2C[C@@H]3C[C@H]2CS3)C1. The predicted molar refractivity (Wildman–Crippen MR) is 67.3 cm³/mol. The fourth-order valence-corrected chi connectivity index (χ4v) is 5.01. The molecule has 2 atom stereocenters. The zero-order valence-corrected chi connectivity index (χ0v) is 10.8. The van der Waals surface area contributed by atoms with Gasteiger partial charge in [-0.2, -0.15) is 11.8 Å². The predicted octanol–water partition coefficient (Wildman–Crippen LogP) is 2.86. The van der Waals surface area contributed by atoms with Crippen LogP contribution in [-0.2, 0) is 0 Å². The van der Waals surface area contributed by atoms with Crippen LogP contribution in [0.4, 0.5) is 0 Å². The summed E-state index contributed by atoms with van der Waals surface area (Å²) in [6, 6.07) is 0.957. The van der Waals surface area contributed by atoms with Gasteiger partial charge >= 0.3 is 0 Å². The number of hydrogen-bond donors (Lipinski definition) is 0. The first kappa shape index (κ1) is 10.5. The Hall–Kier alpha value is 0.310. The van der Waals surface area contributed by atoms with Gasteiger partial charge in [-0.1, -0.05) is 13.8 Å². The molecule has 0 aromatic carbocycles. The molecule has 2 heterocycles. The van der Waals surface area contributed by atoms with Crippen molar-refractivity contribution < 1.29 is 0 Å². The summed E-state index contributed by atoms with van der Waals surface area (Å²) >= 11 is 2.21. The molecule has 2 bridgehead atoms. The second-order valence-electron chi connectivity index (χ2n) is 6.14. The maximum absolute atomic E-state index is 2.79. The first-order chi connectivity index (χ1) is 7.22. The molecule has 2 saturated heterocycles. The summed E-state index contributed by atoms with van der Waals surface area (Å²) in [5.74, 6) is 4.43. The van der Waals surface area contributed by atoms with Crippen LogP contribution < -0.4 is 0 Å². The molecule has 3 aliphatic rings. The highest BCUT2D eigenvalue weighted by molar-refractivity contribution is 8.00. The van der Waals surface area contributed by atoms with Crippen molar-refractivity contribution in [2.75, 3.05) is 18.8 Å². The number of fused-ring (bicyclic) bond motifs is 2. The molecule has 0 aromatic heterocycles.